The molecule has 0 spiro atoms. The molecule has 5 nitrogen and oxygen atoms in total. The minimum atomic E-state index is -0.747. The zero-order valence-corrected chi connectivity index (χ0v) is 37.3. The number of hydrogen-bond donors (Lipinski definition) is 4. The first kappa shape index (κ1) is 54.1. The van der Waals surface area contributed by atoms with Gasteiger partial charge >= 0.3 is 0 Å². The fourth-order valence-electron chi connectivity index (χ4n) is 7.99. The van der Waals surface area contributed by atoms with E-state index in [4.69, 9.17) is 0 Å². The van der Waals surface area contributed by atoms with Crippen LogP contribution in [0.25, 0.3) is 0 Å². The van der Waals surface area contributed by atoms with Gasteiger partial charge in [-0.05, 0) is 38.5 Å². The Morgan fingerprint density at radius 1 is 0.436 bits per heavy atom. The van der Waals surface area contributed by atoms with Crippen molar-refractivity contribution in [1.82, 2.24) is 5.32 Å². The second-order valence-corrected chi connectivity index (χ2v) is 17.4. The summed E-state index contributed by atoms with van der Waals surface area (Å²) in [5, 5.41) is 33.5. The highest BCUT2D eigenvalue weighted by atomic mass is 16.3. The van der Waals surface area contributed by atoms with E-state index in [-0.39, 0.29) is 18.9 Å². The standard InChI is InChI=1S/C50H99NO4/c1-3-5-7-9-11-13-15-17-19-21-22-23-24-25-26-27-28-29-31-33-35-37-39-41-43-47(53)45-50(55)51-48(46-52)49(54)44-42-40-38-36-34-32-30-20-18-16-14-12-10-8-6-4-2/h25-26,47-49,52-54H,3-24,27-46H2,1-2H3,(H,51,55)/b26-25-. The number of nitrogens with one attached hydrogen (secondary N) is 1. The average molecular weight is 778 g/mol. The van der Waals surface area contributed by atoms with Crippen molar-refractivity contribution in [3.05, 3.63) is 12.2 Å². The summed E-state index contributed by atoms with van der Waals surface area (Å²) in [7, 11) is 0. The first-order chi connectivity index (χ1) is 27.0. The number of rotatable bonds is 46. The smallest absolute Gasteiger partial charge is 0.222 e. The van der Waals surface area contributed by atoms with Crippen LogP contribution >= 0.6 is 0 Å². The van der Waals surface area contributed by atoms with E-state index in [0.717, 1.165) is 25.7 Å². The molecular formula is C50H99NO4. The SMILES string of the molecule is CCCCCCCCCCCCCC/C=C\CCCCCCCCCCC(O)CC(=O)NC(CO)C(O)CCCCCCCCCCCCCCCCCC. The molecule has 0 saturated carbocycles. The third kappa shape index (κ3) is 42.5. The molecule has 0 aliphatic carbocycles. The molecule has 0 fully saturated rings. The Balaban J connectivity index is 3.55. The van der Waals surface area contributed by atoms with Gasteiger partial charge in [0, 0.05) is 0 Å². The molecule has 0 aromatic heterocycles. The average Bonchev–Trinajstić information content (AvgIpc) is 3.18. The van der Waals surface area contributed by atoms with E-state index in [1.807, 2.05) is 0 Å². The molecule has 0 bridgehead atoms. The number of unbranched alkanes of at least 4 members (excludes halogenated alkanes) is 35. The topological polar surface area (TPSA) is 89.8 Å². The highest BCUT2D eigenvalue weighted by Crippen LogP contribution is 2.17. The molecular weight excluding hydrogens is 679 g/mol. The van der Waals surface area contributed by atoms with Crippen molar-refractivity contribution < 1.29 is 20.1 Å². The molecule has 328 valence electrons. The van der Waals surface area contributed by atoms with Gasteiger partial charge in [-0.2, -0.15) is 0 Å². The number of carbonyl (C=O) groups is 1. The molecule has 3 atom stereocenters. The molecule has 3 unspecified atom stereocenters. The molecule has 0 aromatic carbocycles. The van der Waals surface area contributed by atoms with Crippen LogP contribution < -0.4 is 5.32 Å². The lowest BCUT2D eigenvalue weighted by atomic mass is 10.0. The van der Waals surface area contributed by atoms with Crippen LogP contribution in [0.15, 0.2) is 12.2 Å². The van der Waals surface area contributed by atoms with Crippen molar-refractivity contribution in [2.75, 3.05) is 6.61 Å². The van der Waals surface area contributed by atoms with Crippen molar-refractivity contribution in [1.29, 1.82) is 0 Å². The molecule has 5 heteroatoms. The van der Waals surface area contributed by atoms with Gasteiger partial charge in [-0.15, -0.1) is 0 Å². The van der Waals surface area contributed by atoms with E-state index >= 15 is 0 Å². The minimum Gasteiger partial charge on any atom is -0.394 e. The monoisotopic (exact) mass is 778 g/mol. The van der Waals surface area contributed by atoms with E-state index < -0.39 is 18.2 Å². The number of aliphatic hydroxyl groups is 3. The van der Waals surface area contributed by atoms with E-state index in [2.05, 4.69) is 31.3 Å². The molecule has 55 heavy (non-hydrogen) atoms. The quantitative estimate of drug-likeness (QED) is 0.0366. The maximum absolute atomic E-state index is 12.5. The van der Waals surface area contributed by atoms with Gasteiger partial charge in [0.05, 0.1) is 31.3 Å². The van der Waals surface area contributed by atoms with Gasteiger partial charge in [0.1, 0.15) is 0 Å². The normalized spacial score (nSPS) is 13.5. The Hall–Kier alpha value is -0.910. The van der Waals surface area contributed by atoms with Crippen molar-refractivity contribution in [2.24, 2.45) is 0 Å². The summed E-state index contributed by atoms with van der Waals surface area (Å²) in [5.74, 6) is -0.281. The zero-order valence-electron chi connectivity index (χ0n) is 37.3. The molecule has 0 saturated heterocycles. The van der Waals surface area contributed by atoms with Gasteiger partial charge in [0.15, 0.2) is 0 Å². The third-order valence-electron chi connectivity index (χ3n) is 11.8. The fraction of sp³-hybridized carbons (Fsp3) is 0.940. The summed E-state index contributed by atoms with van der Waals surface area (Å²) in [5.41, 5.74) is 0. The van der Waals surface area contributed by atoms with Crippen LogP contribution in [-0.2, 0) is 4.79 Å². The number of hydrogen-bond acceptors (Lipinski definition) is 4. The van der Waals surface area contributed by atoms with E-state index in [0.29, 0.717) is 12.8 Å². The summed E-state index contributed by atoms with van der Waals surface area (Å²) in [6, 6.07) is -0.656. The number of amides is 1. The zero-order chi connectivity index (χ0) is 40.1. The van der Waals surface area contributed by atoms with Crippen LogP contribution in [0.2, 0.25) is 0 Å². The highest BCUT2D eigenvalue weighted by molar-refractivity contribution is 5.76. The Morgan fingerprint density at radius 2 is 0.727 bits per heavy atom. The predicted octanol–water partition coefficient (Wildman–Crippen LogP) is 14.8. The molecule has 4 N–H and O–H groups in total. The summed E-state index contributed by atoms with van der Waals surface area (Å²) in [4.78, 5) is 12.5. The largest absolute Gasteiger partial charge is 0.394 e. The molecule has 0 rings (SSSR count). The lowest BCUT2D eigenvalue weighted by molar-refractivity contribution is -0.125. The van der Waals surface area contributed by atoms with Gasteiger partial charge in [0.2, 0.25) is 5.91 Å². The van der Waals surface area contributed by atoms with Crippen LogP contribution in [0.3, 0.4) is 0 Å². The molecule has 0 aliphatic heterocycles. The Kier molecular flexibility index (Phi) is 45.0. The number of carbonyl (C=O) groups excluding carboxylic acids is 1. The van der Waals surface area contributed by atoms with Crippen molar-refractivity contribution in [2.45, 2.75) is 295 Å². The first-order valence-electron chi connectivity index (χ1n) is 25.0. The molecule has 0 aliphatic rings. The van der Waals surface area contributed by atoms with Crippen LogP contribution in [-0.4, -0.2) is 46.1 Å². The predicted molar refractivity (Wildman–Crippen MR) is 241 cm³/mol. The summed E-state index contributed by atoms with van der Waals surface area (Å²) < 4.78 is 0. The summed E-state index contributed by atoms with van der Waals surface area (Å²) in [6.07, 6.45) is 54.8. The summed E-state index contributed by atoms with van der Waals surface area (Å²) >= 11 is 0. The van der Waals surface area contributed by atoms with Gasteiger partial charge < -0.3 is 20.6 Å². The Labute approximate surface area is 344 Å². The molecule has 0 aromatic rings. The lowest BCUT2D eigenvalue weighted by Gasteiger charge is -2.23. The van der Waals surface area contributed by atoms with Crippen LogP contribution in [0.4, 0.5) is 0 Å². The lowest BCUT2D eigenvalue weighted by Crippen LogP contribution is -2.46. The van der Waals surface area contributed by atoms with Gasteiger partial charge in [0.25, 0.3) is 0 Å². The van der Waals surface area contributed by atoms with E-state index in [9.17, 15) is 20.1 Å². The Bertz CT molecular complexity index is 773. The van der Waals surface area contributed by atoms with Gasteiger partial charge in [-0.1, -0.05) is 244 Å². The van der Waals surface area contributed by atoms with Crippen LogP contribution in [0, 0.1) is 0 Å². The second-order valence-electron chi connectivity index (χ2n) is 17.4. The summed E-state index contributed by atoms with van der Waals surface area (Å²) in [6.45, 7) is 4.29. The minimum absolute atomic E-state index is 0.0378. The van der Waals surface area contributed by atoms with Gasteiger partial charge in [-0.25, -0.2) is 0 Å². The maximum Gasteiger partial charge on any atom is 0.222 e. The van der Waals surface area contributed by atoms with Crippen LogP contribution in [0.5, 0.6) is 0 Å². The van der Waals surface area contributed by atoms with Crippen molar-refractivity contribution >= 4 is 5.91 Å². The van der Waals surface area contributed by atoms with Crippen LogP contribution in [0.1, 0.15) is 277 Å². The van der Waals surface area contributed by atoms with E-state index in [1.54, 1.807) is 0 Å². The number of aliphatic hydroxyl groups excluding tert-OH is 3. The third-order valence-corrected chi connectivity index (χ3v) is 11.8. The molecule has 0 heterocycles. The maximum atomic E-state index is 12.5. The van der Waals surface area contributed by atoms with Crippen molar-refractivity contribution in [3.8, 4) is 0 Å². The van der Waals surface area contributed by atoms with Crippen molar-refractivity contribution in [3.63, 3.8) is 0 Å². The molecule has 1 amide bonds. The number of allylic oxidation sites excluding steroid dienone is 2. The van der Waals surface area contributed by atoms with Gasteiger partial charge in [-0.3, -0.25) is 4.79 Å². The Morgan fingerprint density at radius 3 is 1.05 bits per heavy atom. The van der Waals surface area contributed by atoms with E-state index in [1.165, 1.54) is 218 Å². The molecule has 0 radical (unpaired) electrons. The second kappa shape index (κ2) is 45.8. The first-order valence-corrected chi connectivity index (χ1v) is 25.0. The fourth-order valence-corrected chi connectivity index (χ4v) is 7.99. The highest BCUT2D eigenvalue weighted by Gasteiger charge is 2.21.